The molecular formula is C19H20ClN3O2S. The van der Waals surface area contributed by atoms with Crippen LogP contribution in [0, 0.1) is 0 Å². The summed E-state index contributed by atoms with van der Waals surface area (Å²) in [5.74, 6) is 2.93. The first-order valence-corrected chi connectivity index (χ1v) is 9.51. The van der Waals surface area contributed by atoms with E-state index < -0.39 is 0 Å². The van der Waals surface area contributed by atoms with Gasteiger partial charge in [-0.15, -0.1) is 10.2 Å². The van der Waals surface area contributed by atoms with E-state index in [0.717, 1.165) is 21.8 Å². The van der Waals surface area contributed by atoms with Crippen LogP contribution < -0.4 is 9.47 Å². The van der Waals surface area contributed by atoms with Gasteiger partial charge in [-0.2, -0.15) is 0 Å². The summed E-state index contributed by atoms with van der Waals surface area (Å²) in [6, 6.07) is 15.4. The number of benzene rings is 2. The maximum atomic E-state index is 6.02. The Balaban J connectivity index is 1.68. The van der Waals surface area contributed by atoms with Crippen LogP contribution in [0.3, 0.4) is 0 Å². The lowest BCUT2D eigenvalue weighted by Crippen LogP contribution is -2.10. The number of halogens is 1. The fourth-order valence-electron chi connectivity index (χ4n) is 2.49. The van der Waals surface area contributed by atoms with Gasteiger partial charge in [-0.1, -0.05) is 47.6 Å². The van der Waals surface area contributed by atoms with Crippen molar-refractivity contribution in [2.75, 3.05) is 7.11 Å². The number of thioether (sulfide) groups is 1. The predicted molar refractivity (Wildman–Crippen MR) is 104 cm³/mol. The summed E-state index contributed by atoms with van der Waals surface area (Å²) in [6.45, 7) is 1.95. The molecule has 0 bridgehead atoms. The second kappa shape index (κ2) is 8.47. The molecule has 1 unspecified atom stereocenters. The van der Waals surface area contributed by atoms with Crippen LogP contribution in [0.4, 0.5) is 0 Å². The van der Waals surface area contributed by atoms with Crippen LogP contribution in [-0.4, -0.2) is 21.9 Å². The van der Waals surface area contributed by atoms with Crippen molar-refractivity contribution in [3.8, 4) is 11.5 Å². The zero-order valence-electron chi connectivity index (χ0n) is 14.8. The van der Waals surface area contributed by atoms with E-state index in [4.69, 9.17) is 21.1 Å². The molecule has 26 heavy (non-hydrogen) atoms. The van der Waals surface area contributed by atoms with Crippen molar-refractivity contribution in [1.82, 2.24) is 14.8 Å². The van der Waals surface area contributed by atoms with E-state index in [2.05, 4.69) is 10.2 Å². The fourth-order valence-corrected chi connectivity index (χ4v) is 3.49. The van der Waals surface area contributed by atoms with E-state index in [9.17, 15) is 0 Å². The topological polar surface area (TPSA) is 49.2 Å². The molecule has 7 heteroatoms. The van der Waals surface area contributed by atoms with Gasteiger partial charge in [-0.05, 0) is 36.8 Å². The van der Waals surface area contributed by atoms with E-state index in [1.807, 2.05) is 67.1 Å². The number of aromatic nitrogens is 3. The van der Waals surface area contributed by atoms with Gasteiger partial charge in [-0.3, -0.25) is 0 Å². The van der Waals surface area contributed by atoms with Crippen LogP contribution in [0.2, 0.25) is 5.02 Å². The Kier molecular flexibility index (Phi) is 6.06. The zero-order valence-corrected chi connectivity index (χ0v) is 16.4. The second-order valence-electron chi connectivity index (χ2n) is 5.73. The Bertz CT molecular complexity index is 867. The Morgan fingerprint density at radius 3 is 2.46 bits per heavy atom. The largest absolute Gasteiger partial charge is 0.493 e. The molecule has 0 saturated heterocycles. The molecular weight excluding hydrogens is 370 g/mol. The molecule has 5 nitrogen and oxygen atoms in total. The van der Waals surface area contributed by atoms with Crippen molar-refractivity contribution < 1.29 is 9.47 Å². The molecule has 0 saturated carbocycles. The van der Waals surface area contributed by atoms with Gasteiger partial charge in [-0.25, -0.2) is 0 Å². The van der Waals surface area contributed by atoms with Crippen molar-refractivity contribution in [1.29, 1.82) is 0 Å². The first-order valence-electron chi connectivity index (χ1n) is 8.14. The highest BCUT2D eigenvalue weighted by atomic mass is 35.5. The number of methoxy groups -OCH3 is 1. The smallest absolute Gasteiger partial charge is 0.191 e. The van der Waals surface area contributed by atoms with Crippen molar-refractivity contribution >= 4 is 23.4 Å². The molecule has 3 rings (SSSR count). The van der Waals surface area contributed by atoms with Crippen LogP contribution in [0.15, 0.2) is 53.7 Å². The first-order chi connectivity index (χ1) is 12.6. The van der Waals surface area contributed by atoms with Crippen molar-refractivity contribution in [2.24, 2.45) is 7.05 Å². The lowest BCUT2D eigenvalue weighted by Gasteiger charge is -2.16. The molecule has 0 amide bonds. The minimum Gasteiger partial charge on any atom is -0.493 e. The van der Waals surface area contributed by atoms with Gasteiger partial charge in [0.15, 0.2) is 28.6 Å². The number of hydrogen-bond donors (Lipinski definition) is 0. The van der Waals surface area contributed by atoms with Crippen molar-refractivity contribution in [2.45, 2.75) is 23.9 Å². The van der Waals surface area contributed by atoms with Gasteiger partial charge < -0.3 is 14.0 Å². The van der Waals surface area contributed by atoms with Crippen LogP contribution in [-0.2, 0) is 12.8 Å². The third kappa shape index (κ3) is 4.31. The third-order valence-corrected chi connectivity index (χ3v) is 5.23. The molecule has 0 N–H and O–H groups in total. The van der Waals surface area contributed by atoms with Crippen LogP contribution in [0.5, 0.6) is 11.5 Å². The van der Waals surface area contributed by atoms with Gasteiger partial charge in [0.1, 0.15) is 0 Å². The summed E-state index contributed by atoms with van der Waals surface area (Å²) in [5.41, 5.74) is 1.18. The SMILES string of the molecule is COc1ccccc1OC(C)c1nnc(SCc2ccc(Cl)cc2)n1C. The van der Waals surface area contributed by atoms with Crippen LogP contribution in [0.25, 0.3) is 0 Å². The minimum atomic E-state index is -0.256. The normalized spacial score (nSPS) is 12.0. The van der Waals surface area contributed by atoms with Gasteiger partial charge in [0.25, 0.3) is 0 Å². The summed E-state index contributed by atoms with van der Waals surface area (Å²) in [7, 11) is 3.57. The molecule has 0 radical (unpaired) electrons. The second-order valence-corrected chi connectivity index (χ2v) is 7.10. The Morgan fingerprint density at radius 2 is 1.77 bits per heavy atom. The first kappa shape index (κ1) is 18.6. The standard InChI is InChI=1S/C19H20ClN3O2S/c1-13(25-17-7-5-4-6-16(17)24-3)18-21-22-19(23(18)2)26-12-14-8-10-15(20)11-9-14/h4-11,13H,12H2,1-3H3. The van der Waals surface area contributed by atoms with Gasteiger partial charge in [0, 0.05) is 17.8 Å². The minimum absolute atomic E-state index is 0.256. The average Bonchev–Trinajstić information content (AvgIpc) is 3.02. The van der Waals surface area contributed by atoms with Crippen molar-refractivity contribution in [3.05, 3.63) is 64.9 Å². The molecule has 1 atom stereocenters. The molecule has 2 aromatic carbocycles. The Morgan fingerprint density at radius 1 is 1.08 bits per heavy atom. The summed E-state index contributed by atoms with van der Waals surface area (Å²) in [5, 5.41) is 10.2. The summed E-state index contributed by atoms with van der Waals surface area (Å²) >= 11 is 7.55. The highest BCUT2D eigenvalue weighted by molar-refractivity contribution is 7.98. The zero-order chi connectivity index (χ0) is 18.5. The third-order valence-electron chi connectivity index (χ3n) is 3.89. The molecule has 1 aromatic heterocycles. The molecule has 1 heterocycles. The number of rotatable bonds is 7. The molecule has 0 aliphatic rings. The molecule has 0 fully saturated rings. The monoisotopic (exact) mass is 389 g/mol. The number of hydrogen-bond acceptors (Lipinski definition) is 5. The predicted octanol–water partition coefficient (Wildman–Crippen LogP) is 4.91. The summed E-state index contributed by atoms with van der Waals surface area (Å²) < 4.78 is 13.3. The highest BCUT2D eigenvalue weighted by Gasteiger charge is 2.18. The fraction of sp³-hybridized carbons (Fsp3) is 0.263. The van der Waals surface area contributed by atoms with Gasteiger partial charge in [0.2, 0.25) is 0 Å². The maximum Gasteiger partial charge on any atom is 0.191 e. The lowest BCUT2D eigenvalue weighted by molar-refractivity contribution is 0.202. The van der Waals surface area contributed by atoms with Gasteiger partial charge >= 0.3 is 0 Å². The maximum absolute atomic E-state index is 6.02. The van der Waals surface area contributed by atoms with Crippen LogP contribution >= 0.6 is 23.4 Å². The quantitative estimate of drug-likeness (QED) is 0.537. The van der Waals surface area contributed by atoms with E-state index in [1.54, 1.807) is 18.9 Å². The van der Waals surface area contributed by atoms with E-state index >= 15 is 0 Å². The Hall–Kier alpha value is -2.18. The average molecular weight is 390 g/mol. The molecule has 3 aromatic rings. The lowest BCUT2D eigenvalue weighted by atomic mass is 10.2. The number of ether oxygens (including phenoxy) is 2. The van der Waals surface area contributed by atoms with E-state index in [-0.39, 0.29) is 6.10 Å². The van der Waals surface area contributed by atoms with Crippen LogP contribution in [0.1, 0.15) is 24.4 Å². The molecule has 136 valence electrons. The molecule has 0 aliphatic heterocycles. The summed E-state index contributed by atoms with van der Waals surface area (Å²) in [6.07, 6.45) is -0.256. The Labute approximate surface area is 162 Å². The van der Waals surface area contributed by atoms with E-state index in [0.29, 0.717) is 11.5 Å². The van der Waals surface area contributed by atoms with Crippen molar-refractivity contribution in [3.63, 3.8) is 0 Å². The highest BCUT2D eigenvalue weighted by Crippen LogP contribution is 2.31. The molecule has 0 spiro atoms. The molecule has 0 aliphatic carbocycles. The van der Waals surface area contributed by atoms with Gasteiger partial charge in [0.05, 0.1) is 7.11 Å². The summed E-state index contributed by atoms with van der Waals surface area (Å²) in [4.78, 5) is 0. The number of nitrogens with zero attached hydrogens (tertiary/aromatic N) is 3. The number of para-hydroxylation sites is 2. The van der Waals surface area contributed by atoms with E-state index in [1.165, 1.54) is 5.56 Å².